The Morgan fingerprint density at radius 2 is 0.714 bits per heavy atom. The van der Waals surface area contributed by atoms with Gasteiger partial charge in [0.05, 0.1) is 7.11 Å². The van der Waals surface area contributed by atoms with Gasteiger partial charge in [0.2, 0.25) is 0 Å². The molecule has 0 radical (unpaired) electrons. The molecule has 0 spiro atoms. The fraction of sp³-hybridized carbons (Fsp3) is 0.492. The number of hydrogen-bond donors (Lipinski definition) is 0. The lowest BCUT2D eigenvalue weighted by molar-refractivity contribution is -0.115. The molecule has 394 valence electrons. The SMILES string of the molecule is CC(=O)c1ccccc1.CC(C)(C)[Si](C)(C)C.CC(C)(c1ccccc1)c1ccccc1.CC(C)=O.CC[Si](C)(CC)CC.CCc1ccc(OC)cc1.CCc1ccccc1.COC.C[Si](C)(C)C. The Labute approximate surface area is 436 Å². The third kappa shape index (κ3) is 41.6. The molecule has 0 aliphatic carbocycles. The van der Waals surface area contributed by atoms with Gasteiger partial charge >= 0.3 is 0 Å². The van der Waals surface area contributed by atoms with E-state index in [9.17, 15) is 9.59 Å². The molecule has 5 rings (SSSR count). The summed E-state index contributed by atoms with van der Waals surface area (Å²) in [6.07, 6.45) is 2.23. The van der Waals surface area contributed by atoms with Gasteiger partial charge in [-0.05, 0) is 73.0 Å². The number of carbonyl (C=O) groups is 2. The van der Waals surface area contributed by atoms with Crippen LogP contribution in [0.2, 0.25) is 75.5 Å². The van der Waals surface area contributed by atoms with Crippen molar-refractivity contribution in [2.24, 2.45) is 0 Å². The van der Waals surface area contributed by atoms with Crippen LogP contribution < -0.4 is 4.74 Å². The maximum Gasteiger partial charge on any atom is 0.159 e. The molecule has 0 saturated heterocycles. The maximum atomic E-state index is 10.6. The van der Waals surface area contributed by atoms with E-state index >= 15 is 0 Å². The molecule has 0 aliphatic heterocycles. The largest absolute Gasteiger partial charge is 0.497 e. The van der Waals surface area contributed by atoms with Gasteiger partial charge in [-0.25, -0.2) is 0 Å². The minimum atomic E-state index is -0.859. The molecule has 7 heteroatoms. The Balaban J connectivity index is -0.000000362. The van der Waals surface area contributed by atoms with Crippen LogP contribution in [-0.4, -0.2) is 57.1 Å². The molecular weight excluding hydrogens is 905 g/mol. The second kappa shape index (κ2) is 40.4. The van der Waals surface area contributed by atoms with Crippen LogP contribution in [0.15, 0.2) is 146 Å². The molecule has 0 unspecified atom stereocenters. The highest BCUT2D eigenvalue weighted by atomic mass is 28.3. The zero-order chi connectivity index (χ0) is 55.0. The first-order chi connectivity index (χ1) is 32.4. The molecule has 0 bridgehead atoms. The Kier molecular flexibility index (Phi) is 41.8. The highest BCUT2D eigenvalue weighted by Gasteiger charge is 2.29. The number of methoxy groups -OCH3 is 2. The van der Waals surface area contributed by atoms with E-state index in [2.05, 4.69) is 223 Å². The number of Topliss-reactive ketones (excluding diaryl/α,β-unsaturated/α-hetero) is 2. The zero-order valence-electron chi connectivity index (χ0n) is 49.5. The van der Waals surface area contributed by atoms with Crippen molar-refractivity contribution >= 4 is 35.8 Å². The standard InChI is InChI=1S/C15H16.C9H12O.C8H8O.C8H10.2C7H18Si.C4H12Si.C3H6O.C2H6O/c1-15(2,13-9-5-3-6-10-13)14-11-7-4-8-12-14;1-3-8-4-6-9(10-2)7-5-8;1-7(9)8-5-3-2-4-6-8;1-2-8-6-4-3-5-7-8;1-7(2,3)8(4,5)6;1-5-8(4,6-2)7-3;1-5(2,3)4;1-3(2)4;1-3-2/h3-12H,1-2H3;4-7H,3H2,1-2H3;2-6H,1H3;3-7H,2H2,1H3;1-6H3;5-7H2,1-4H3;1-4H3;1-2H3;1-2H3. The molecule has 0 aliphatic rings. The predicted octanol–water partition coefficient (Wildman–Crippen LogP) is 19.5. The van der Waals surface area contributed by atoms with Crippen LogP contribution in [0.4, 0.5) is 0 Å². The molecule has 4 nitrogen and oxygen atoms in total. The normalized spacial score (nSPS) is 10.5. The van der Waals surface area contributed by atoms with Crippen molar-refractivity contribution < 1.29 is 19.1 Å². The van der Waals surface area contributed by atoms with Crippen molar-refractivity contribution in [2.75, 3.05) is 21.3 Å². The highest BCUT2D eigenvalue weighted by molar-refractivity contribution is 6.79. The van der Waals surface area contributed by atoms with Crippen molar-refractivity contribution in [2.45, 2.75) is 184 Å². The summed E-state index contributed by atoms with van der Waals surface area (Å²) in [5.41, 5.74) is 6.33. The summed E-state index contributed by atoms with van der Waals surface area (Å²) in [7, 11) is 2.79. The summed E-state index contributed by atoms with van der Waals surface area (Å²) in [5, 5.41) is 0.576. The van der Waals surface area contributed by atoms with E-state index in [4.69, 9.17) is 4.74 Å². The van der Waals surface area contributed by atoms with Gasteiger partial charge in [-0.3, -0.25) is 4.79 Å². The van der Waals surface area contributed by atoms with E-state index < -0.39 is 24.2 Å². The van der Waals surface area contributed by atoms with E-state index in [1.165, 1.54) is 54.2 Å². The molecule has 70 heavy (non-hydrogen) atoms. The van der Waals surface area contributed by atoms with Gasteiger partial charge in [-0.15, -0.1) is 0 Å². The third-order valence-corrected chi connectivity index (χ3v) is 21.4. The van der Waals surface area contributed by atoms with Crippen molar-refractivity contribution in [1.82, 2.24) is 0 Å². The minimum Gasteiger partial charge on any atom is -0.497 e. The second-order valence-electron chi connectivity index (χ2n) is 22.0. The highest BCUT2D eigenvalue weighted by Crippen LogP contribution is 2.35. The van der Waals surface area contributed by atoms with Crippen LogP contribution in [-0.2, 0) is 27.8 Å². The molecule has 0 saturated carbocycles. The lowest BCUT2D eigenvalue weighted by atomic mass is 9.78. The fourth-order valence-electron chi connectivity index (χ4n) is 4.87. The number of ether oxygens (including phenoxy) is 2. The summed E-state index contributed by atoms with van der Waals surface area (Å²) in [6.45, 7) is 46.5. The van der Waals surface area contributed by atoms with Gasteiger partial charge in [0.25, 0.3) is 0 Å². The first-order valence-corrected chi connectivity index (χ1v) is 36.2. The van der Waals surface area contributed by atoms with Gasteiger partial charge in [-0.1, -0.05) is 273 Å². The average molecular weight is 1010 g/mol. The van der Waals surface area contributed by atoms with E-state index in [-0.39, 0.29) is 17.0 Å². The quantitative estimate of drug-likeness (QED) is 0.109. The van der Waals surface area contributed by atoms with E-state index in [0.29, 0.717) is 5.04 Å². The first-order valence-electron chi connectivity index (χ1n) is 25.6. The summed E-state index contributed by atoms with van der Waals surface area (Å²) < 4.78 is 9.26. The van der Waals surface area contributed by atoms with Crippen molar-refractivity contribution in [3.63, 3.8) is 0 Å². The zero-order valence-corrected chi connectivity index (χ0v) is 52.5. The number of aryl methyl sites for hydroxylation is 2. The van der Waals surface area contributed by atoms with Gasteiger partial charge < -0.3 is 14.3 Å². The average Bonchev–Trinajstić information content (AvgIpc) is 3.32. The minimum absolute atomic E-state index is 0.0858. The molecule has 5 aromatic carbocycles. The van der Waals surface area contributed by atoms with Gasteiger partial charge in [0.15, 0.2) is 5.78 Å². The smallest absolute Gasteiger partial charge is 0.159 e. The third-order valence-electron chi connectivity index (χ3n) is 11.8. The Bertz CT molecular complexity index is 1850. The van der Waals surface area contributed by atoms with E-state index in [1.54, 1.807) is 28.3 Å². The van der Waals surface area contributed by atoms with Gasteiger partial charge in [0.1, 0.15) is 11.5 Å². The summed E-state index contributed by atoms with van der Waals surface area (Å²) in [4.78, 5) is 20.1. The maximum absolute atomic E-state index is 10.6. The summed E-state index contributed by atoms with van der Waals surface area (Å²) in [5.74, 6) is 1.22. The molecular formula is C63H106O4Si3. The predicted molar refractivity (Wildman–Crippen MR) is 324 cm³/mol. The summed E-state index contributed by atoms with van der Waals surface area (Å²) in [6, 6.07) is 53.5. The van der Waals surface area contributed by atoms with E-state index in [0.717, 1.165) is 24.2 Å². The second-order valence-corrected chi connectivity index (χ2v) is 39.8. The van der Waals surface area contributed by atoms with Crippen LogP contribution in [0.3, 0.4) is 0 Å². The molecule has 0 N–H and O–H groups in total. The molecule has 0 atom stereocenters. The fourth-order valence-corrected chi connectivity index (χ4v) is 6.37. The first kappa shape index (κ1) is 72.4. The molecule has 0 fully saturated rings. The van der Waals surface area contributed by atoms with Crippen LogP contribution >= 0.6 is 0 Å². The van der Waals surface area contributed by atoms with Crippen molar-refractivity contribution in [1.29, 1.82) is 0 Å². The van der Waals surface area contributed by atoms with Crippen LogP contribution in [0.1, 0.15) is 123 Å². The van der Waals surface area contributed by atoms with Gasteiger partial charge in [-0.2, -0.15) is 0 Å². The van der Waals surface area contributed by atoms with E-state index in [1.807, 2.05) is 48.5 Å². The molecule has 5 aromatic rings. The van der Waals surface area contributed by atoms with Crippen LogP contribution in [0.5, 0.6) is 5.75 Å². The number of carbonyl (C=O) groups excluding carboxylic acids is 2. The Morgan fingerprint density at radius 3 is 0.900 bits per heavy atom. The van der Waals surface area contributed by atoms with Crippen LogP contribution in [0, 0.1) is 0 Å². The number of benzene rings is 5. The Morgan fingerprint density at radius 1 is 0.457 bits per heavy atom. The number of ketones is 2. The molecule has 0 amide bonds. The molecule has 0 aromatic heterocycles. The number of hydrogen-bond acceptors (Lipinski definition) is 4. The Hall–Kier alpha value is -4.15. The lowest BCUT2D eigenvalue weighted by Gasteiger charge is -2.32. The van der Waals surface area contributed by atoms with Gasteiger partial charge in [0, 0.05) is 49.4 Å². The van der Waals surface area contributed by atoms with Crippen molar-refractivity contribution in [3.05, 3.63) is 173 Å². The monoisotopic (exact) mass is 1010 g/mol. The van der Waals surface area contributed by atoms with Crippen molar-refractivity contribution in [3.8, 4) is 5.75 Å². The number of rotatable bonds is 9. The summed E-state index contributed by atoms with van der Waals surface area (Å²) >= 11 is 0. The lowest BCUT2D eigenvalue weighted by Crippen LogP contribution is -2.32. The topological polar surface area (TPSA) is 52.6 Å². The molecule has 0 heterocycles. The van der Waals surface area contributed by atoms with Crippen LogP contribution in [0.25, 0.3) is 0 Å².